The first-order valence-electron chi connectivity index (χ1n) is 40.2. The van der Waals surface area contributed by atoms with E-state index < -0.39 is 10.1 Å². The van der Waals surface area contributed by atoms with Crippen LogP contribution in [0, 0.1) is 20.8 Å². The summed E-state index contributed by atoms with van der Waals surface area (Å²) in [5.74, 6) is 6.28. The van der Waals surface area contributed by atoms with Gasteiger partial charge in [-0.1, -0.05) is 92.5 Å². The number of thiophene rings is 1. The number of fused-ring (bicyclic) bond motifs is 18. The zero-order valence-electron chi connectivity index (χ0n) is 71.0. The van der Waals surface area contributed by atoms with Crippen LogP contribution in [-0.4, -0.2) is 139 Å². The van der Waals surface area contributed by atoms with E-state index in [1.165, 1.54) is 74.8 Å². The van der Waals surface area contributed by atoms with Crippen molar-refractivity contribution < 1.29 is 86.7 Å². The molecule has 0 aliphatic heterocycles. The van der Waals surface area contributed by atoms with E-state index in [1.807, 2.05) is 110 Å². The second-order valence-corrected chi connectivity index (χ2v) is 37.4. The molecule has 22 rings (SSSR count). The van der Waals surface area contributed by atoms with Crippen LogP contribution >= 0.6 is 70.0 Å². The first-order chi connectivity index (χ1) is 59.8. The van der Waals surface area contributed by atoms with Crippen molar-refractivity contribution in [2.75, 3.05) is 28.8 Å². The Hall–Kier alpha value is -9.34. The van der Waals surface area contributed by atoms with Crippen molar-refractivity contribution in [2.45, 2.75) is 109 Å². The third-order valence-electron chi connectivity index (χ3n) is 21.4. The summed E-state index contributed by atoms with van der Waals surface area (Å²) in [7, 11) is -0.189. The predicted molar refractivity (Wildman–Crippen MR) is 503 cm³/mol. The van der Waals surface area contributed by atoms with Crippen molar-refractivity contribution >= 4 is 253 Å². The number of H-pyrrole nitrogens is 1. The fourth-order valence-electron chi connectivity index (χ4n) is 15.5. The maximum Gasteiger partial charge on any atom is 1.00 e. The van der Waals surface area contributed by atoms with Gasteiger partial charge in [0.05, 0.1) is 136 Å². The Labute approximate surface area is 787 Å². The van der Waals surface area contributed by atoms with E-state index >= 15 is 0 Å². The summed E-state index contributed by atoms with van der Waals surface area (Å²) in [6.45, 7) is 19.8. The largest absolute Gasteiger partial charge is 1.00 e. The zero-order chi connectivity index (χ0) is 85.2. The van der Waals surface area contributed by atoms with Crippen molar-refractivity contribution in [2.24, 2.45) is 14.1 Å². The third-order valence-corrected chi connectivity index (χ3v) is 27.5. The van der Waals surface area contributed by atoms with E-state index in [4.69, 9.17) is 9.97 Å². The SMILES string of the molecule is CCSc1nc2cc3cc4ccccc4[nH]c3cc2n1.CCSc1nc2cc3nc4ccccc4nc3cc2s1.CCSc1nc2cc3ncccc3cc2n1CC.CCn1c(C)nc2cc3ccn(CCCSOO[O-])c3cc21.Cc1nc2cc3c(cc2n1C)sc1cnccc13.Cc1nc2cc3c4ncncc4n(C)c3cc2n1CCCS(=O)(=O)[O-].[Na+].[Na+]. The van der Waals surface area contributed by atoms with Crippen LogP contribution in [-0.2, 0) is 59.8 Å². The minimum Gasteiger partial charge on any atom is -0.748 e. The van der Waals surface area contributed by atoms with Gasteiger partial charge in [0.2, 0.25) is 0 Å². The number of nitrogens with one attached hydrogen (secondary N) is 1. The molecule has 0 saturated carbocycles. The van der Waals surface area contributed by atoms with Crippen molar-refractivity contribution in [1.29, 1.82) is 0 Å². The Morgan fingerprint density at radius 2 is 1.12 bits per heavy atom. The maximum absolute atomic E-state index is 10.8. The number of aromatic nitrogens is 20. The molecule has 0 amide bonds. The van der Waals surface area contributed by atoms with E-state index in [0.717, 1.165) is 192 Å². The summed E-state index contributed by atoms with van der Waals surface area (Å²) in [6, 6.07) is 52.1. The standard InChI is InChI=1S/C16H17N5O3S.C16H13N3S.C15H19N3O3S.C15H11N3S2.C14H11N3S.C14H15N3S.2Na/c1-10-19-12-6-11-13(20(2)15-8-17-9-18-16(11)15)7-14(12)21(10)4-3-5-25(22,23)24;1-2-20-16-18-14-8-11-7-10-5-3-4-6-12(10)17-13(11)9-15(14)19-16;1-3-18-11(2)16-13-9-12-5-7-17(14(12)10-15(13)18)6-4-8-22-21-20-19;1-2-19-15-18-13-7-11-12(8-14(13)20-15)17-10-6-4-3-5-9(10)16-11;1-8-16-11-5-10-9-3-4-15-7-14(9)18-13(10)6-12(11)17(8)2;1-3-17-13-8-10-6-5-7-15-11(10)9-12(13)16-14(17)18-4-2;;/h6-9H,3-5H2,1-2H3,(H,22,23,24);3-9,17H,2H2,1H3;5,7,9-10,19H,3-4,6,8H2,1-2H3;3-8H,2H2,1H3;3-7H,1-2H3;5-9H,3-4H2,1-2H3;;/q;;;;;;2*+1/p-2. The summed E-state index contributed by atoms with van der Waals surface area (Å²) in [6.07, 6.45) is 12.2. The molecule has 0 unspecified atom stereocenters. The fraction of sp³-hybridized carbons (Fsp3) is 0.233. The van der Waals surface area contributed by atoms with Crippen LogP contribution in [0.1, 0.15) is 64.9 Å². The number of para-hydroxylation sites is 3. The minimum atomic E-state index is -4.21. The molecule has 0 aliphatic rings. The van der Waals surface area contributed by atoms with Crippen LogP contribution in [0.3, 0.4) is 0 Å². The van der Waals surface area contributed by atoms with Gasteiger partial charge in [0.25, 0.3) is 0 Å². The quantitative estimate of drug-likeness (QED) is 0.0122. The summed E-state index contributed by atoms with van der Waals surface area (Å²) in [5, 5.41) is 23.3. The third kappa shape index (κ3) is 19.4. The molecule has 0 bridgehead atoms. The van der Waals surface area contributed by atoms with Gasteiger partial charge >= 0.3 is 59.1 Å². The van der Waals surface area contributed by atoms with Crippen LogP contribution in [0.2, 0.25) is 0 Å². The molecule has 22 aromatic rings. The number of benzene rings is 8. The number of hydrogen-bond acceptors (Lipinski definition) is 25. The van der Waals surface area contributed by atoms with E-state index in [-0.39, 0.29) is 71.3 Å². The van der Waals surface area contributed by atoms with E-state index in [0.29, 0.717) is 12.3 Å². The normalized spacial score (nSPS) is 11.7. The average Bonchev–Trinajstić information content (AvgIpc) is 1.40. The van der Waals surface area contributed by atoms with E-state index in [2.05, 4.69) is 232 Å². The second kappa shape index (κ2) is 39.9. The van der Waals surface area contributed by atoms with Gasteiger partial charge < -0.3 is 42.2 Å². The molecule has 14 heterocycles. The molecule has 624 valence electrons. The van der Waals surface area contributed by atoms with Crippen molar-refractivity contribution in [3.63, 3.8) is 0 Å². The number of pyridine rings is 3. The molecule has 1 N–H and O–H groups in total. The molecular formula is C90H84N20Na2O6S7. The van der Waals surface area contributed by atoms with Crippen molar-refractivity contribution in [3.8, 4) is 0 Å². The second-order valence-electron chi connectivity index (χ2n) is 29.0. The Kier molecular flexibility index (Phi) is 28.9. The molecule has 35 heteroatoms. The topological polar surface area (TPSA) is 312 Å². The number of rotatable bonds is 18. The zero-order valence-corrected chi connectivity index (χ0v) is 80.7. The molecule has 125 heavy (non-hydrogen) atoms. The van der Waals surface area contributed by atoms with Gasteiger partial charge in [-0.25, -0.2) is 63.2 Å². The maximum atomic E-state index is 10.8. The average molecular weight is 1810 g/mol. The monoisotopic (exact) mass is 1810 g/mol. The molecule has 0 radical (unpaired) electrons. The van der Waals surface area contributed by atoms with Gasteiger partial charge in [-0.2, -0.15) is 4.33 Å². The van der Waals surface area contributed by atoms with Gasteiger partial charge in [-0.15, -0.1) is 22.7 Å². The smallest absolute Gasteiger partial charge is 0.748 e. The summed E-state index contributed by atoms with van der Waals surface area (Å²) >= 11 is 9.79. The first kappa shape index (κ1) is 90.4. The number of hydrogen-bond donors (Lipinski definition) is 1. The molecule has 8 aromatic carbocycles. The Morgan fingerprint density at radius 3 is 1.89 bits per heavy atom. The van der Waals surface area contributed by atoms with Crippen LogP contribution in [0.4, 0.5) is 0 Å². The molecular weight excluding hydrogens is 1730 g/mol. The number of thiazole rings is 1. The van der Waals surface area contributed by atoms with Gasteiger partial charge in [-0.3, -0.25) is 15.0 Å². The van der Waals surface area contributed by atoms with Crippen molar-refractivity contribution in [3.05, 3.63) is 206 Å². The number of aromatic amines is 1. The van der Waals surface area contributed by atoms with Crippen LogP contribution in [0.5, 0.6) is 0 Å². The van der Waals surface area contributed by atoms with Gasteiger partial charge in [0, 0.05) is 137 Å². The number of nitrogens with zero attached hydrogens (tertiary/aromatic N) is 19. The van der Waals surface area contributed by atoms with Gasteiger partial charge in [0.1, 0.15) is 23.8 Å². The minimum absolute atomic E-state index is 0. The van der Waals surface area contributed by atoms with Crippen LogP contribution in [0.25, 0.3) is 173 Å². The van der Waals surface area contributed by atoms with Gasteiger partial charge in [-0.05, 0) is 185 Å². The number of imidazole rings is 5. The van der Waals surface area contributed by atoms with Crippen LogP contribution in [0.15, 0.2) is 204 Å². The molecule has 0 spiro atoms. The van der Waals surface area contributed by atoms with Gasteiger partial charge in [0.15, 0.2) is 14.7 Å². The molecule has 0 atom stereocenters. The molecule has 0 fully saturated rings. The predicted octanol–water partition coefficient (Wildman–Crippen LogP) is 14.5. The Morgan fingerprint density at radius 1 is 0.456 bits per heavy atom. The molecule has 0 saturated heterocycles. The number of thioether (sulfide) groups is 3. The number of aryl methyl sites for hydroxylation is 9. The van der Waals surface area contributed by atoms with Crippen molar-refractivity contribution in [1.82, 2.24) is 97.2 Å². The molecule has 14 aromatic heterocycles. The summed E-state index contributed by atoms with van der Waals surface area (Å²) < 4.78 is 54.4. The molecule has 26 nitrogen and oxygen atoms in total. The fourth-order valence-corrected chi connectivity index (χ4v) is 20.8. The Bertz CT molecular complexity index is 7540. The molecule has 0 aliphatic carbocycles. The summed E-state index contributed by atoms with van der Waals surface area (Å²) in [5.41, 5.74) is 22.4. The van der Waals surface area contributed by atoms with E-state index in [1.54, 1.807) is 64.2 Å². The summed E-state index contributed by atoms with van der Waals surface area (Å²) in [4.78, 5) is 62.2. The van der Waals surface area contributed by atoms with Crippen LogP contribution < -0.4 is 64.4 Å². The van der Waals surface area contributed by atoms with E-state index in [9.17, 15) is 18.2 Å². The first-order valence-corrected chi connectivity index (χ1v) is 47.3. The Balaban J connectivity index is 0.000000116.